The number of aldehydes is 2. The van der Waals surface area contributed by atoms with Crippen LogP contribution in [0.5, 0.6) is 0 Å². The Bertz CT molecular complexity index is 1000. The quantitative estimate of drug-likeness (QED) is 0.482. The van der Waals surface area contributed by atoms with Crippen LogP contribution in [-0.4, -0.2) is 12.6 Å². The summed E-state index contributed by atoms with van der Waals surface area (Å²) in [4.78, 5) is 22.7. The molecule has 114 valence electrons. The van der Waals surface area contributed by atoms with Crippen LogP contribution >= 0.6 is 0 Å². The molecule has 4 aromatic rings. The smallest absolute Gasteiger partial charge is 0.150 e. The Labute approximate surface area is 139 Å². The van der Waals surface area contributed by atoms with Crippen LogP contribution in [0.2, 0.25) is 0 Å². The van der Waals surface area contributed by atoms with E-state index in [1.807, 2.05) is 60.7 Å². The lowest BCUT2D eigenvalue weighted by atomic mass is 9.91. The molecule has 0 aliphatic heterocycles. The summed E-state index contributed by atoms with van der Waals surface area (Å²) in [5.41, 5.74) is 3.49. The van der Waals surface area contributed by atoms with Crippen molar-refractivity contribution in [1.29, 1.82) is 0 Å². The zero-order valence-electron chi connectivity index (χ0n) is 12.9. The van der Waals surface area contributed by atoms with E-state index in [0.29, 0.717) is 11.1 Å². The van der Waals surface area contributed by atoms with Gasteiger partial charge in [-0.3, -0.25) is 9.59 Å². The third-order valence-corrected chi connectivity index (χ3v) is 4.46. The molecule has 2 nitrogen and oxygen atoms in total. The van der Waals surface area contributed by atoms with Gasteiger partial charge < -0.3 is 0 Å². The molecule has 0 atom stereocenters. The van der Waals surface area contributed by atoms with Crippen LogP contribution in [0.25, 0.3) is 32.7 Å². The lowest BCUT2D eigenvalue weighted by molar-refractivity contribution is 0.111. The maximum atomic E-state index is 11.3. The highest BCUT2D eigenvalue weighted by Gasteiger charge is 2.10. The van der Waals surface area contributed by atoms with Crippen molar-refractivity contribution in [3.63, 3.8) is 0 Å². The van der Waals surface area contributed by atoms with Gasteiger partial charge in [0.05, 0.1) is 0 Å². The minimum absolute atomic E-state index is 0.683. The highest BCUT2D eigenvalue weighted by atomic mass is 16.1. The standard InChI is InChI=1S/C22H14O2/c23-13-15-5-1-9-19-17(15)7-3-11-21(19)22-12-4-8-18-16(14-24)6-2-10-20(18)22/h1-14H. The fourth-order valence-corrected chi connectivity index (χ4v) is 3.34. The molecule has 0 N–H and O–H groups in total. The summed E-state index contributed by atoms with van der Waals surface area (Å²) in [7, 11) is 0. The number of rotatable bonds is 3. The van der Waals surface area contributed by atoms with Gasteiger partial charge in [0.25, 0.3) is 0 Å². The summed E-state index contributed by atoms with van der Waals surface area (Å²) in [6.07, 6.45) is 1.78. The van der Waals surface area contributed by atoms with E-state index >= 15 is 0 Å². The van der Waals surface area contributed by atoms with Crippen molar-refractivity contribution in [2.75, 3.05) is 0 Å². The molecule has 0 heterocycles. The van der Waals surface area contributed by atoms with Crippen molar-refractivity contribution < 1.29 is 9.59 Å². The van der Waals surface area contributed by atoms with Crippen molar-refractivity contribution >= 4 is 34.1 Å². The summed E-state index contributed by atoms with van der Waals surface area (Å²) in [5.74, 6) is 0. The van der Waals surface area contributed by atoms with Gasteiger partial charge in [-0.1, -0.05) is 72.8 Å². The largest absolute Gasteiger partial charge is 0.298 e. The zero-order valence-corrected chi connectivity index (χ0v) is 12.9. The first-order valence-corrected chi connectivity index (χ1v) is 7.77. The van der Waals surface area contributed by atoms with Crippen molar-refractivity contribution in [1.82, 2.24) is 0 Å². The van der Waals surface area contributed by atoms with Gasteiger partial charge in [-0.2, -0.15) is 0 Å². The third kappa shape index (κ3) is 2.12. The summed E-state index contributed by atoms with van der Waals surface area (Å²) in [6, 6.07) is 23.5. The first-order valence-electron chi connectivity index (χ1n) is 7.77. The normalized spacial score (nSPS) is 10.8. The molecular weight excluding hydrogens is 296 g/mol. The van der Waals surface area contributed by atoms with Crippen LogP contribution in [-0.2, 0) is 0 Å². The second-order valence-corrected chi connectivity index (χ2v) is 5.73. The Morgan fingerprint density at radius 2 is 0.833 bits per heavy atom. The molecule has 0 unspecified atom stereocenters. The van der Waals surface area contributed by atoms with Gasteiger partial charge in [0.15, 0.2) is 12.6 Å². The third-order valence-electron chi connectivity index (χ3n) is 4.46. The second-order valence-electron chi connectivity index (χ2n) is 5.73. The molecule has 0 radical (unpaired) electrons. The minimum Gasteiger partial charge on any atom is -0.298 e. The first kappa shape index (κ1) is 14.3. The molecular formula is C22H14O2. The van der Waals surface area contributed by atoms with Gasteiger partial charge in [-0.05, 0) is 32.7 Å². The maximum absolute atomic E-state index is 11.3. The Balaban J connectivity index is 2.11. The number of hydrogen-bond donors (Lipinski definition) is 0. The van der Waals surface area contributed by atoms with E-state index in [2.05, 4.69) is 12.1 Å². The second kappa shape index (κ2) is 5.74. The van der Waals surface area contributed by atoms with Crippen LogP contribution in [0.4, 0.5) is 0 Å². The predicted molar refractivity (Wildman–Crippen MR) is 97.7 cm³/mol. The molecule has 0 spiro atoms. The van der Waals surface area contributed by atoms with Crippen molar-refractivity contribution in [2.45, 2.75) is 0 Å². The molecule has 2 heteroatoms. The SMILES string of the molecule is O=Cc1cccc2c(-c3cccc4c(C=O)cccc34)cccc12. The van der Waals surface area contributed by atoms with E-state index in [9.17, 15) is 9.59 Å². The Hall–Kier alpha value is -3.26. The number of fused-ring (bicyclic) bond motifs is 2. The van der Waals surface area contributed by atoms with E-state index in [4.69, 9.17) is 0 Å². The van der Waals surface area contributed by atoms with Crippen LogP contribution in [0, 0.1) is 0 Å². The van der Waals surface area contributed by atoms with Gasteiger partial charge >= 0.3 is 0 Å². The average molecular weight is 310 g/mol. The van der Waals surface area contributed by atoms with Gasteiger partial charge in [-0.15, -0.1) is 0 Å². The van der Waals surface area contributed by atoms with E-state index in [-0.39, 0.29) is 0 Å². The Morgan fingerprint density at radius 1 is 0.458 bits per heavy atom. The minimum atomic E-state index is 0.683. The van der Waals surface area contributed by atoms with Crippen LogP contribution in [0.15, 0.2) is 72.8 Å². The summed E-state index contributed by atoms with van der Waals surface area (Å²) < 4.78 is 0. The molecule has 4 aromatic carbocycles. The van der Waals surface area contributed by atoms with Crippen LogP contribution < -0.4 is 0 Å². The topological polar surface area (TPSA) is 34.1 Å². The van der Waals surface area contributed by atoms with Gasteiger partial charge in [0.1, 0.15) is 0 Å². The number of carbonyl (C=O) groups is 2. The summed E-state index contributed by atoms with van der Waals surface area (Å²) in [5, 5.41) is 3.94. The Kier molecular flexibility index (Phi) is 3.43. The lowest BCUT2D eigenvalue weighted by Gasteiger charge is -2.12. The van der Waals surface area contributed by atoms with E-state index in [1.54, 1.807) is 0 Å². The summed E-state index contributed by atoms with van der Waals surface area (Å²) in [6.45, 7) is 0. The van der Waals surface area contributed by atoms with Crippen LogP contribution in [0.1, 0.15) is 20.7 Å². The Morgan fingerprint density at radius 3 is 1.25 bits per heavy atom. The van der Waals surface area contributed by atoms with E-state index in [0.717, 1.165) is 45.2 Å². The van der Waals surface area contributed by atoms with E-state index < -0.39 is 0 Å². The predicted octanol–water partition coefficient (Wildman–Crippen LogP) is 5.29. The van der Waals surface area contributed by atoms with Gasteiger partial charge in [-0.25, -0.2) is 0 Å². The lowest BCUT2D eigenvalue weighted by Crippen LogP contribution is -1.89. The van der Waals surface area contributed by atoms with Crippen molar-refractivity contribution in [3.05, 3.63) is 83.9 Å². The molecule has 0 saturated carbocycles. The molecule has 0 aliphatic rings. The first-order chi connectivity index (χ1) is 11.8. The van der Waals surface area contributed by atoms with Crippen molar-refractivity contribution in [2.24, 2.45) is 0 Å². The molecule has 24 heavy (non-hydrogen) atoms. The summed E-state index contributed by atoms with van der Waals surface area (Å²) >= 11 is 0. The number of carbonyl (C=O) groups excluding carboxylic acids is 2. The van der Waals surface area contributed by atoms with Gasteiger partial charge in [0.2, 0.25) is 0 Å². The molecule has 0 fully saturated rings. The molecule has 0 saturated heterocycles. The molecule has 0 aliphatic carbocycles. The van der Waals surface area contributed by atoms with Gasteiger partial charge in [0, 0.05) is 11.1 Å². The maximum Gasteiger partial charge on any atom is 0.150 e. The fourth-order valence-electron chi connectivity index (χ4n) is 3.34. The average Bonchev–Trinajstić information content (AvgIpc) is 2.66. The fraction of sp³-hybridized carbons (Fsp3) is 0. The number of benzene rings is 4. The molecule has 0 bridgehead atoms. The zero-order chi connectivity index (χ0) is 16.5. The van der Waals surface area contributed by atoms with Crippen molar-refractivity contribution in [3.8, 4) is 11.1 Å². The number of hydrogen-bond acceptors (Lipinski definition) is 2. The molecule has 0 amide bonds. The van der Waals surface area contributed by atoms with Crippen LogP contribution in [0.3, 0.4) is 0 Å². The molecule has 4 rings (SSSR count). The highest BCUT2D eigenvalue weighted by Crippen LogP contribution is 2.35. The van der Waals surface area contributed by atoms with E-state index in [1.165, 1.54) is 0 Å². The highest BCUT2D eigenvalue weighted by molar-refractivity contribution is 6.11. The molecule has 0 aromatic heterocycles. The monoisotopic (exact) mass is 310 g/mol.